The van der Waals surface area contributed by atoms with E-state index in [4.69, 9.17) is 23.2 Å². The van der Waals surface area contributed by atoms with Crippen LogP contribution in [0, 0.1) is 5.82 Å². The first kappa shape index (κ1) is 18.3. The fourth-order valence-electron chi connectivity index (χ4n) is 3.39. The van der Waals surface area contributed by atoms with Crippen LogP contribution in [0.2, 0.25) is 10.0 Å². The Morgan fingerprint density at radius 1 is 1.11 bits per heavy atom. The summed E-state index contributed by atoms with van der Waals surface area (Å²) in [6.45, 7) is 0.493. The molecule has 2 amide bonds. The highest BCUT2D eigenvalue weighted by atomic mass is 35.5. The second-order valence-corrected chi connectivity index (χ2v) is 8.13. The first-order chi connectivity index (χ1) is 13.0. The summed E-state index contributed by atoms with van der Waals surface area (Å²) in [4.78, 5) is 15.9. The van der Waals surface area contributed by atoms with E-state index >= 15 is 0 Å². The summed E-state index contributed by atoms with van der Waals surface area (Å²) in [6, 6.07) is 12.6. The van der Waals surface area contributed by atoms with Gasteiger partial charge in [0.2, 0.25) is 0 Å². The molecule has 1 N–H and O–H groups in total. The molecule has 27 heavy (non-hydrogen) atoms. The average Bonchev–Trinajstić information content (AvgIpc) is 3.09. The minimum atomic E-state index is -0.476. The number of carbonyl (C=O) groups excluding carboxylic acids is 1. The Balaban J connectivity index is 1.70. The molecule has 2 heterocycles. The molecule has 0 fully saturated rings. The topological polar surface area (TPSA) is 32.3 Å². The molecule has 1 atom stereocenters. The third kappa shape index (κ3) is 3.68. The standard InChI is InChI=1S/C20H15Cl2FN2OS/c21-12-9-13(22)11-14(10-12)24-20(26)25-7-5-18-16(6-8-27-18)19(25)15-3-1-2-4-17(15)23/h1-4,6,8-11,19H,5,7H2,(H,24,26). The average molecular weight is 421 g/mol. The Hall–Kier alpha value is -2.08. The summed E-state index contributed by atoms with van der Waals surface area (Å²) >= 11 is 13.7. The maximum Gasteiger partial charge on any atom is 0.322 e. The monoisotopic (exact) mass is 420 g/mol. The van der Waals surface area contributed by atoms with Gasteiger partial charge in [0.25, 0.3) is 0 Å². The van der Waals surface area contributed by atoms with Crippen LogP contribution in [-0.4, -0.2) is 17.5 Å². The van der Waals surface area contributed by atoms with Gasteiger partial charge in [-0.05, 0) is 47.7 Å². The van der Waals surface area contributed by atoms with E-state index in [-0.39, 0.29) is 11.8 Å². The van der Waals surface area contributed by atoms with Gasteiger partial charge >= 0.3 is 6.03 Å². The highest BCUT2D eigenvalue weighted by Crippen LogP contribution is 2.39. The molecular formula is C20H15Cl2FN2OS. The lowest BCUT2D eigenvalue weighted by molar-refractivity contribution is 0.193. The number of thiophene rings is 1. The van der Waals surface area contributed by atoms with E-state index in [9.17, 15) is 9.18 Å². The lowest BCUT2D eigenvalue weighted by Crippen LogP contribution is -2.42. The maximum absolute atomic E-state index is 14.6. The van der Waals surface area contributed by atoms with Gasteiger partial charge in [-0.15, -0.1) is 11.3 Å². The number of nitrogens with one attached hydrogen (secondary N) is 1. The van der Waals surface area contributed by atoms with Crippen molar-refractivity contribution in [1.29, 1.82) is 0 Å². The van der Waals surface area contributed by atoms with Crippen molar-refractivity contribution in [3.05, 3.63) is 85.8 Å². The van der Waals surface area contributed by atoms with Crippen molar-refractivity contribution in [1.82, 2.24) is 4.90 Å². The summed E-state index contributed by atoms with van der Waals surface area (Å²) < 4.78 is 14.6. The molecule has 7 heteroatoms. The molecule has 3 nitrogen and oxygen atoms in total. The Bertz CT molecular complexity index is 987. The SMILES string of the molecule is O=C(Nc1cc(Cl)cc(Cl)c1)N1CCc2sccc2C1c1ccccc1F. The van der Waals surface area contributed by atoms with Crippen LogP contribution in [0.25, 0.3) is 0 Å². The lowest BCUT2D eigenvalue weighted by Gasteiger charge is -2.36. The van der Waals surface area contributed by atoms with Gasteiger partial charge in [-0.2, -0.15) is 0 Å². The zero-order valence-electron chi connectivity index (χ0n) is 14.1. The minimum Gasteiger partial charge on any atom is -0.313 e. The van der Waals surface area contributed by atoms with Crippen molar-refractivity contribution < 1.29 is 9.18 Å². The van der Waals surface area contributed by atoms with Gasteiger partial charge in [0.1, 0.15) is 5.82 Å². The van der Waals surface area contributed by atoms with Gasteiger partial charge in [-0.25, -0.2) is 9.18 Å². The number of nitrogens with zero attached hydrogens (tertiary/aromatic N) is 1. The molecule has 0 radical (unpaired) electrons. The normalized spacial score (nSPS) is 16.1. The van der Waals surface area contributed by atoms with Crippen molar-refractivity contribution in [2.75, 3.05) is 11.9 Å². The first-order valence-corrected chi connectivity index (χ1v) is 10.0. The number of amides is 2. The molecule has 1 aliphatic rings. The number of rotatable bonds is 2. The number of benzene rings is 2. The molecule has 0 bridgehead atoms. The third-order valence-electron chi connectivity index (χ3n) is 4.54. The maximum atomic E-state index is 14.6. The van der Waals surface area contributed by atoms with Gasteiger partial charge in [0.05, 0.1) is 6.04 Å². The Labute approximate surface area is 170 Å². The van der Waals surface area contributed by atoms with Gasteiger partial charge in [0, 0.05) is 32.7 Å². The number of fused-ring (bicyclic) bond motifs is 1. The van der Waals surface area contributed by atoms with Crippen LogP contribution in [0.3, 0.4) is 0 Å². The quantitative estimate of drug-likeness (QED) is 0.512. The first-order valence-electron chi connectivity index (χ1n) is 8.37. The van der Waals surface area contributed by atoms with Crippen LogP contribution >= 0.6 is 34.5 Å². The summed E-state index contributed by atoms with van der Waals surface area (Å²) in [5.41, 5.74) is 1.95. The third-order valence-corrected chi connectivity index (χ3v) is 5.97. The molecule has 1 aromatic heterocycles. The molecular weight excluding hydrogens is 406 g/mol. The lowest BCUT2D eigenvalue weighted by atomic mass is 9.93. The van der Waals surface area contributed by atoms with E-state index in [1.54, 1.807) is 52.6 Å². The highest BCUT2D eigenvalue weighted by molar-refractivity contribution is 7.10. The molecule has 1 aliphatic heterocycles. The Kier molecular flexibility index (Phi) is 5.08. The van der Waals surface area contributed by atoms with Crippen LogP contribution < -0.4 is 5.32 Å². The Morgan fingerprint density at radius 3 is 2.59 bits per heavy atom. The van der Waals surface area contributed by atoms with Crippen molar-refractivity contribution in [2.45, 2.75) is 12.5 Å². The molecule has 3 aromatic rings. The van der Waals surface area contributed by atoms with Crippen molar-refractivity contribution in [3.8, 4) is 0 Å². The summed E-state index contributed by atoms with van der Waals surface area (Å²) in [7, 11) is 0. The fourth-order valence-corrected chi connectivity index (χ4v) is 4.82. The van der Waals surface area contributed by atoms with E-state index < -0.39 is 6.04 Å². The minimum absolute atomic E-state index is 0.321. The summed E-state index contributed by atoms with van der Waals surface area (Å²) in [6.07, 6.45) is 0.738. The molecule has 1 unspecified atom stereocenters. The summed E-state index contributed by atoms with van der Waals surface area (Å²) in [5.74, 6) is -0.329. The molecule has 0 aliphatic carbocycles. The number of hydrogen-bond donors (Lipinski definition) is 1. The Morgan fingerprint density at radius 2 is 1.85 bits per heavy atom. The van der Waals surface area contributed by atoms with E-state index in [0.29, 0.717) is 27.8 Å². The molecule has 138 valence electrons. The molecule has 2 aromatic carbocycles. The zero-order valence-corrected chi connectivity index (χ0v) is 16.4. The molecule has 0 saturated carbocycles. The molecule has 0 spiro atoms. The molecule has 0 saturated heterocycles. The fraction of sp³-hybridized carbons (Fsp3) is 0.150. The number of carbonyl (C=O) groups is 1. The van der Waals surface area contributed by atoms with E-state index in [2.05, 4.69) is 5.32 Å². The van der Waals surface area contributed by atoms with E-state index in [1.807, 2.05) is 11.4 Å². The predicted molar refractivity (Wildman–Crippen MR) is 108 cm³/mol. The van der Waals surface area contributed by atoms with Gasteiger partial charge in [-0.3, -0.25) is 0 Å². The van der Waals surface area contributed by atoms with Gasteiger partial charge in [0.15, 0.2) is 0 Å². The zero-order chi connectivity index (χ0) is 19.0. The van der Waals surface area contributed by atoms with Gasteiger partial charge in [-0.1, -0.05) is 41.4 Å². The van der Waals surface area contributed by atoms with Crippen LogP contribution in [0.1, 0.15) is 22.0 Å². The second kappa shape index (κ2) is 7.50. The predicted octanol–water partition coefficient (Wildman–Crippen LogP) is 6.37. The largest absolute Gasteiger partial charge is 0.322 e. The van der Waals surface area contributed by atoms with Gasteiger partial charge < -0.3 is 10.2 Å². The number of urea groups is 1. The number of anilines is 1. The smallest absolute Gasteiger partial charge is 0.313 e. The van der Waals surface area contributed by atoms with Crippen LogP contribution in [0.15, 0.2) is 53.9 Å². The second-order valence-electron chi connectivity index (χ2n) is 6.25. The van der Waals surface area contributed by atoms with Crippen LogP contribution in [-0.2, 0) is 6.42 Å². The van der Waals surface area contributed by atoms with Crippen LogP contribution in [0.5, 0.6) is 0 Å². The van der Waals surface area contributed by atoms with E-state index in [1.165, 1.54) is 10.9 Å². The van der Waals surface area contributed by atoms with Crippen LogP contribution in [0.4, 0.5) is 14.9 Å². The number of halogens is 3. The summed E-state index contributed by atoms with van der Waals surface area (Å²) in [5, 5.41) is 5.68. The van der Waals surface area contributed by atoms with E-state index in [0.717, 1.165) is 12.0 Å². The van der Waals surface area contributed by atoms with Crippen molar-refractivity contribution in [2.24, 2.45) is 0 Å². The molecule has 4 rings (SSSR count). The highest BCUT2D eigenvalue weighted by Gasteiger charge is 2.34. The number of hydrogen-bond acceptors (Lipinski definition) is 2. The van der Waals surface area contributed by atoms with Crippen molar-refractivity contribution >= 4 is 46.3 Å². The van der Waals surface area contributed by atoms with Crippen molar-refractivity contribution in [3.63, 3.8) is 0 Å².